The van der Waals surface area contributed by atoms with E-state index >= 15 is 0 Å². The molecule has 4 nitrogen and oxygen atoms in total. The third-order valence-corrected chi connectivity index (χ3v) is 3.09. The Labute approximate surface area is 99.0 Å². The molecule has 1 aromatic rings. The fourth-order valence-electron chi connectivity index (χ4n) is 2.26. The molecule has 0 aromatic heterocycles. The van der Waals surface area contributed by atoms with E-state index in [0.29, 0.717) is 5.84 Å². The van der Waals surface area contributed by atoms with Crippen molar-refractivity contribution in [3.05, 3.63) is 65.4 Å². The number of hydroxylamine groups is 3. The third-order valence-electron chi connectivity index (χ3n) is 3.09. The molecule has 0 radical (unpaired) electrons. The van der Waals surface area contributed by atoms with Crippen molar-refractivity contribution in [3.63, 3.8) is 0 Å². The summed E-state index contributed by atoms with van der Waals surface area (Å²) in [5.41, 5.74) is 0.723. The van der Waals surface area contributed by atoms with Gasteiger partial charge in [-0.2, -0.15) is 0 Å². The number of amidine groups is 1. The first-order valence-corrected chi connectivity index (χ1v) is 5.51. The molecule has 1 aliphatic carbocycles. The van der Waals surface area contributed by atoms with Crippen molar-refractivity contribution in [2.24, 2.45) is 0 Å². The van der Waals surface area contributed by atoms with E-state index in [-0.39, 0.29) is 12.1 Å². The van der Waals surface area contributed by atoms with Gasteiger partial charge in [0.25, 0.3) is 0 Å². The molecule has 0 spiro atoms. The van der Waals surface area contributed by atoms with Crippen molar-refractivity contribution in [3.8, 4) is 0 Å². The lowest BCUT2D eigenvalue weighted by Crippen LogP contribution is -2.36. The number of nitrogens with zero attached hydrogens (tertiary/aromatic N) is 2. The fraction of sp³-hybridized carbons (Fsp3) is 0.154. The Morgan fingerprint density at radius 3 is 2.53 bits per heavy atom. The highest BCUT2D eigenvalue weighted by molar-refractivity contribution is 5.95. The van der Waals surface area contributed by atoms with E-state index in [1.54, 1.807) is 6.08 Å². The van der Waals surface area contributed by atoms with Crippen LogP contribution in [-0.2, 0) is 0 Å². The molecule has 0 saturated heterocycles. The van der Waals surface area contributed by atoms with Crippen molar-refractivity contribution < 1.29 is 9.95 Å². The van der Waals surface area contributed by atoms with Crippen LogP contribution in [0.4, 0.5) is 0 Å². The van der Waals surface area contributed by atoms with E-state index in [0.717, 1.165) is 15.4 Å². The maximum Gasteiger partial charge on any atom is 0.313 e. The molecule has 86 valence electrons. The van der Waals surface area contributed by atoms with E-state index in [4.69, 9.17) is 0 Å². The molecule has 1 N–H and O–H groups in total. The smallest absolute Gasteiger partial charge is 0.313 e. The zero-order valence-corrected chi connectivity index (χ0v) is 9.10. The van der Waals surface area contributed by atoms with Crippen LogP contribution in [0.25, 0.3) is 0 Å². The minimum Gasteiger partial charge on any atom is -0.714 e. The Morgan fingerprint density at radius 1 is 1.12 bits per heavy atom. The lowest BCUT2D eigenvalue weighted by molar-refractivity contribution is -0.478. The SMILES string of the molecule is [O-][N+]1=C(c2ccccc2)N(O)C2C=CC=CC21. The predicted octanol–water partition coefficient (Wildman–Crippen LogP) is 1.51. The van der Waals surface area contributed by atoms with E-state index in [1.165, 1.54) is 0 Å². The average Bonchev–Trinajstić information content (AvgIpc) is 2.64. The van der Waals surface area contributed by atoms with Crippen molar-refractivity contribution in [2.45, 2.75) is 12.1 Å². The molecule has 1 aliphatic heterocycles. The second-order valence-corrected chi connectivity index (χ2v) is 4.11. The normalized spacial score (nSPS) is 26.5. The monoisotopic (exact) mass is 228 g/mol. The lowest BCUT2D eigenvalue weighted by atomic mass is 10.0. The van der Waals surface area contributed by atoms with Gasteiger partial charge in [-0.3, -0.25) is 4.74 Å². The van der Waals surface area contributed by atoms with Crippen molar-refractivity contribution in [1.29, 1.82) is 0 Å². The third kappa shape index (κ3) is 1.45. The van der Waals surface area contributed by atoms with Crippen LogP contribution in [0.15, 0.2) is 54.6 Å². The van der Waals surface area contributed by atoms with Crippen LogP contribution in [0.3, 0.4) is 0 Å². The van der Waals surface area contributed by atoms with Gasteiger partial charge >= 0.3 is 5.84 Å². The summed E-state index contributed by atoms with van der Waals surface area (Å²) < 4.78 is 0.861. The number of hydrogen-bond acceptors (Lipinski definition) is 3. The first-order valence-electron chi connectivity index (χ1n) is 5.51. The van der Waals surface area contributed by atoms with E-state index in [2.05, 4.69) is 0 Å². The van der Waals surface area contributed by atoms with Crippen molar-refractivity contribution in [2.75, 3.05) is 0 Å². The Kier molecular flexibility index (Phi) is 2.23. The van der Waals surface area contributed by atoms with Gasteiger partial charge in [0, 0.05) is 0 Å². The van der Waals surface area contributed by atoms with Crippen molar-refractivity contribution >= 4 is 5.84 Å². The summed E-state index contributed by atoms with van der Waals surface area (Å²) in [5, 5.41) is 23.3. The predicted molar refractivity (Wildman–Crippen MR) is 63.7 cm³/mol. The highest BCUT2D eigenvalue weighted by Gasteiger charge is 2.44. The summed E-state index contributed by atoms with van der Waals surface area (Å²) in [6.45, 7) is 0. The maximum absolute atomic E-state index is 12.1. The molecule has 17 heavy (non-hydrogen) atoms. The van der Waals surface area contributed by atoms with Gasteiger partial charge in [0.2, 0.25) is 0 Å². The number of rotatable bonds is 1. The van der Waals surface area contributed by atoms with Gasteiger partial charge in [-0.1, -0.05) is 30.4 Å². The molecule has 1 heterocycles. The molecule has 0 fully saturated rings. The van der Waals surface area contributed by atoms with Crippen LogP contribution in [0.1, 0.15) is 5.56 Å². The van der Waals surface area contributed by atoms with Gasteiger partial charge in [0.05, 0.1) is 5.56 Å². The van der Waals surface area contributed by atoms with E-state index in [1.807, 2.05) is 48.6 Å². The summed E-state index contributed by atoms with van der Waals surface area (Å²) in [6, 6.07) is 8.55. The molecular weight excluding hydrogens is 216 g/mol. The fourth-order valence-corrected chi connectivity index (χ4v) is 2.26. The zero-order chi connectivity index (χ0) is 11.8. The number of benzene rings is 1. The van der Waals surface area contributed by atoms with Gasteiger partial charge < -0.3 is 5.21 Å². The molecule has 0 amide bonds. The van der Waals surface area contributed by atoms with Crippen molar-refractivity contribution in [1.82, 2.24) is 5.06 Å². The Hall–Kier alpha value is -2.07. The Bertz CT molecular complexity index is 519. The summed E-state index contributed by atoms with van der Waals surface area (Å²) in [7, 11) is 0. The zero-order valence-electron chi connectivity index (χ0n) is 9.10. The number of hydrogen-bond donors (Lipinski definition) is 1. The quantitative estimate of drug-likeness (QED) is 0.585. The standard InChI is InChI=1S/C13H12N2O2/c16-14-11-8-4-5-9-12(11)15(17)13(14)10-6-2-1-3-7-10/h1-9,11-12,16H. The molecule has 2 aliphatic rings. The summed E-state index contributed by atoms with van der Waals surface area (Å²) in [4.78, 5) is 0. The first kappa shape index (κ1) is 10.1. The van der Waals surface area contributed by atoms with Gasteiger partial charge in [-0.15, -0.1) is 5.06 Å². The van der Waals surface area contributed by atoms with E-state index < -0.39 is 0 Å². The number of allylic oxidation sites excluding steroid dienone is 2. The second-order valence-electron chi connectivity index (χ2n) is 4.11. The number of fused-ring (bicyclic) bond motifs is 1. The van der Waals surface area contributed by atoms with Gasteiger partial charge in [0.1, 0.15) is 0 Å². The Morgan fingerprint density at radius 2 is 1.82 bits per heavy atom. The highest BCUT2D eigenvalue weighted by atomic mass is 16.5. The second kappa shape index (κ2) is 3.75. The molecule has 3 rings (SSSR count). The summed E-state index contributed by atoms with van der Waals surface area (Å²) in [6.07, 6.45) is 7.29. The minimum atomic E-state index is -0.347. The Balaban J connectivity index is 2.08. The minimum absolute atomic E-state index is 0.298. The average molecular weight is 228 g/mol. The van der Waals surface area contributed by atoms with Gasteiger partial charge in [0.15, 0.2) is 12.1 Å². The molecule has 1 aromatic carbocycles. The molecule has 4 heteroatoms. The molecular formula is C13H12N2O2. The largest absolute Gasteiger partial charge is 0.714 e. The maximum atomic E-state index is 12.1. The van der Waals surface area contributed by atoms with Crippen LogP contribution in [0.5, 0.6) is 0 Å². The van der Waals surface area contributed by atoms with Crippen LogP contribution < -0.4 is 0 Å². The molecule has 0 bridgehead atoms. The van der Waals surface area contributed by atoms with Crippen LogP contribution in [0.2, 0.25) is 0 Å². The van der Waals surface area contributed by atoms with Gasteiger partial charge in [-0.25, -0.2) is 5.21 Å². The molecule has 0 saturated carbocycles. The van der Waals surface area contributed by atoms with Crippen LogP contribution in [-0.4, -0.2) is 32.9 Å². The topological polar surface area (TPSA) is 49.5 Å². The van der Waals surface area contributed by atoms with E-state index in [9.17, 15) is 10.4 Å². The van der Waals surface area contributed by atoms with Crippen LogP contribution in [0, 0.1) is 5.21 Å². The molecule has 2 unspecified atom stereocenters. The molecule has 2 atom stereocenters. The van der Waals surface area contributed by atoms with Gasteiger partial charge in [-0.05, 0) is 24.3 Å². The highest BCUT2D eigenvalue weighted by Crippen LogP contribution is 2.23. The summed E-state index contributed by atoms with van der Waals surface area (Å²) >= 11 is 0. The summed E-state index contributed by atoms with van der Waals surface area (Å²) in [5.74, 6) is 0.303. The lowest BCUT2D eigenvalue weighted by Gasteiger charge is -2.16. The first-order chi connectivity index (χ1) is 8.29. The van der Waals surface area contributed by atoms with Crippen LogP contribution >= 0.6 is 0 Å².